The summed E-state index contributed by atoms with van der Waals surface area (Å²) in [5, 5.41) is 0.740. The number of likely N-dealkylation sites (tertiary alicyclic amines) is 1. The number of methoxy groups -OCH3 is 1. The Bertz CT molecular complexity index is 411. The van der Waals surface area contributed by atoms with E-state index in [4.69, 9.17) is 22.1 Å². The molecule has 100 valence electrons. The van der Waals surface area contributed by atoms with Crippen LogP contribution in [0.25, 0.3) is 0 Å². The molecule has 18 heavy (non-hydrogen) atoms. The topological polar surface area (TPSA) is 38.5 Å². The zero-order valence-corrected chi connectivity index (χ0v) is 11.8. The van der Waals surface area contributed by atoms with E-state index in [2.05, 4.69) is 11.8 Å². The highest BCUT2D eigenvalue weighted by molar-refractivity contribution is 6.31. The summed E-state index contributed by atoms with van der Waals surface area (Å²) in [7, 11) is 1.68. The molecule has 0 bridgehead atoms. The predicted molar refractivity (Wildman–Crippen MR) is 75.2 cm³/mol. The van der Waals surface area contributed by atoms with Gasteiger partial charge in [-0.1, -0.05) is 17.7 Å². The number of hydrogen-bond acceptors (Lipinski definition) is 3. The van der Waals surface area contributed by atoms with Gasteiger partial charge in [0.2, 0.25) is 0 Å². The van der Waals surface area contributed by atoms with Crippen LogP contribution in [0.1, 0.15) is 31.4 Å². The Labute approximate surface area is 114 Å². The van der Waals surface area contributed by atoms with Crippen LogP contribution < -0.4 is 10.5 Å². The molecule has 2 N–H and O–H groups in total. The van der Waals surface area contributed by atoms with Crippen molar-refractivity contribution >= 4 is 11.6 Å². The second kappa shape index (κ2) is 5.91. The number of nitrogens with two attached hydrogens (primary N) is 1. The summed E-state index contributed by atoms with van der Waals surface area (Å²) < 4.78 is 5.44. The Morgan fingerprint density at radius 3 is 2.89 bits per heavy atom. The van der Waals surface area contributed by atoms with Crippen molar-refractivity contribution in [3.63, 3.8) is 0 Å². The monoisotopic (exact) mass is 268 g/mol. The van der Waals surface area contributed by atoms with Crippen molar-refractivity contribution in [1.82, 2.24) is 4.90 Å². The van der Waals surface area contributed by atoms with Gasteiger partial charge in [-0.15, -0.1) is 0 Å². The Morgan fingerprint density at radius 1 is 1.56 bits per heavy atom. The molecule has 1 aromatic carbocycles. The average Bonchev–Trinajstić information content (AvgIpc) is 2.79. The fourth-order valence-corrected chi connectivity index (χ4v) is 3.15. The summed E-state index contributed by atoms with van der Waals surface area (Å²) in [5.74, 6) is 0.831. The molecule has 1 aliphatic rings. The van der Waals surface area contributed by atoms with Gasteiger partial charge in [-0.25, -0.2) is 0 Å². The number of ether oxygens (including phenoxy) is 1. The van der Waals surface area contributed by atoms with E-state index in [0.717, 1.165) is 22.9 Å². The molecule has 2 rings (SSSR count). The summed E-state index contributed by atoms with van der Waals surface area (Å²) in [6.07, 6.45) is 2.45. The number of rotatable bonds is 4. The molecule has 1 aromatic rings. The van der Waals surface area contributed by atoms with Crippen molar-refractivity contribution in [3.05, 3.63) is 28.8 Å². The first-order valence-corrected chi connectivity index (χ1v) is 6.85. The Kier molecular flexibility index (Phi) is 4.49. The van der Waals surface area contributed by atoms with Crippen LogP contribution in [0.4, 0.5) is 0 Å². The lowest BCUT2D eigenvalue weighted by molar-refractivity contribution is 0.192. The van der Waals surface area contributed by atoms with Gasteiger partial charge in [0.1, 0.15) is 5.75 Å². The summed E-state index contributed by atoms with van der Waals surface area (Å²) in [6, 6.07) is 6.46. The molecule has 1 heterocycles. The molecule has 4 heteroatoms. The van der Waals surface area contributed by atoms with E-state index in [-0.39, 0.29) is 6.04 Å². The maximum absolute atomic E-state index is 6.35. The highest BCUT2D eigenvalue weighted by Gasteiger charge is 2.30. The van der Waals surface area contributed by atoms with E-state index < -0.39 is 0 Å². The molecule has 0 amide bonds. The molecular weight excluding hydrogens is 248 g/mol. The second-order valence-corrected chi connectivity index (χ2v) is 5.24. The number of halogens is 1. The van der Waals surface area contributed by atoms with Crippen molar-refractivity contribution in [2.75, 3.05) is 20.2 Å². The molecule has 0 saturated carbocycles. The van der Waals surface area contributed by atoms with E-state index in [9.17, 15) is 0 Å². The zero-order chi connectivity index (χ0) is 13.1. The first-order chi connectivity index (χ1) is 8.69. The summed E-state index contributed by atoms with van der Waals surface area (Å²) in [4.78, 5) is 2.43. The van der Waals surface area contributed by atoms with Gasteiger partial charge < -0.3 is 10.5 Å². The second-order valence-electron chi connectivity index (χ2n) is 4.84. The maximum atomic E-state index is 6.35. The van der Waals surface area contributed by atoms with E-state index >= 15 is 0 Å². The van der Waals surface area contributed by atoms with E-state index in [0.29, 0.717) is 12.6 Å². The molecule has 0 aromatic heterocycles. The van der Waals surface area contributed by atoms with E-state index in [1.807, 2.05) is 18.2 Å². The molecule has 2 unspecified atom stereocenters. The molecule has 2 atom stereocenters. The van der Waals surface area contributed by atoms with Crippen molar-refractivity contribution in [2.24, 2.45) is 5.73 Å². The smallest absolute Gasteiger partial charge is 0.125 e. The van der Waals surface area contributed by atoms with E-state index in [1.165, 1.54) is 12.8 Å². The number of hydrogen-bond donors (Lipinski definition) is 1. The third-order valence-corrected chi connectivity index (χ3v) is 4.12. The SMILES string of the molecule is COc1cccc(Cl)c1C(CN)N1CCCC1C. The van der Waals surface area contributed by atoms with Gasteiger partial charge >= 0.3 is 0 Å². The highest BCUT2D eigenvalue weighted by atomic mass is 35.5. The lowest BCUT2D eigenvalue weighted by Gasteiger charge is -2.32. The van der Waals surface area contributed by atoms with E-state index in [1.54, 1.807) is 7.11 Å². The highest BCUT2D eigenvalue weighted by Crippen LogP contribution is 2.37. The third-order valence-electron chi connectivity index (χ3n) is 3.79. The molecule has 1 fully saturated rings. The third kappa shape index (κ3) is 2.48. The molecule has 1 saturated heterocycles. The lowest BCUT2D eigenvalue weighted by atomic mass is 10.0. The first kappa shape index (κ1) is 13.7. The fourth-order valence-electron chi connectivity index (χ4n) is 2.86. The molecule has 0 radical (unpaired) electrons. The van der Waals surface area contributed by atoms with Crippen LogP contribution in [0.5, 0.6) is 5.75 Å². The van der Waals surface area contributed by atoms with Crippen LogP contribution in [-0.4, -0.2) is 31.1 Å². The minimum Gasteiger partial charge on any atom is -0.496 e. The van der Waals surface area contributed by atoms with Gasteiger partial charge in [0, 0.05) is 23.2 Å². The zero-order valence-electron chi connectivity index (χ0n) is 11.0. The largest absolute Gasteiger partial charge is 0.496 e. The average molecular weight is 269 g/mol. The summed E-state index contributed by atoms with van der Waals surface area (Å²) >= 11 is 6.35. The molecular formula is C14H21ClN2O. The molecule has 1 aliphatic heterocycles. The Balaban J connectivity index is 2.38. The minimum absolute atomic E-state index is 0.145. The van der Waals surface area contributed by atoms with Gasteiger partial charge in [-0.3, -0.25) is 4.90 Å². The quantitative estimate of drug-likeness (QED) is 0.913. The fraction of sp³-hybridized carbons (Fsp3) is 0.571. The van der Waals surface area contributed by atoms with Crippen molar-refractivity contribution in [1.29, 1.82) is 0 Å². The van der Waals surface area contributed by atoms with Crippen LogP contribution in [0.15, 0.2) is 18.2 Å². The van der Waals surface area contributed by atoms with Crippen molar-refractivity contribution < 1.29 is 4.74 Å². The normalized spacial score (nSPS) is 22.1. The van der Waals surface area contributed by atoms with Crippen LogP contribution >= 0.6 is 11.6 Å². The van der Waals surface area contributed by atoms with Gasteiger partial charge in [0.15, 0.2) is 0 Å². The van der Waals surface area contributed by atoms with Crippen molar-refractivity contribution in [2.45, 2.75) is 31.8 Å². The number of nitrogens with zero attached hydrogens (tertiary/aromatic N) is 1. The standard InChI is InChI=1S/C14H21ClN2O/c1-10-5-4-8-17(10)12(9-16)14-11(15)6-3-7-13(14)18-2/h3,6-7,10,12H,4-5,8-9,16H2,1-2H3. The Hall–Kier alpha value is -0.770. The lowest BCUT2D eigenvalue weighted by Crippen LogP contribution is -2.36. The van der Waals surface area contributed by atoms with Crippen LogP contribution in [0.2, 0.25) is 5.02 Å². The van der Waals surface area contributed by atoms with Crippen LogP contribution in [0.3, 0.4) is 0 Å². The van der Waals surface area contributed by atoms with Gasteiger partial charge in [0.05, 0.1) is 13.2 Å². The predicted octanol–water partition coefficient (Wildman–Crippen LogP) is 2.83. The number of benzene rings is 1. The summed E-state index contributed by atoms with van der Waals surface area (Å²) in [6.45, 7) is 3.89. The minimum atomic E-state index is 0.145. The van der Waals surface area contributed by atoms with Gasteiger partial charge in [0.25, 0.3) is 0 Å². The van der Waals surface area contributed by atoms with Gasteiger partial charge in [-0.2, -0.15) is 0 Å². The summed E-state index contributed by atoms with van der Waals surface area (Å²) in [5.41, 5.74) is 7.01. The van der Waals surface area contributed by atoms with Gasteiger partial charge in [-0.05, 0) is 38.4 Å². The molecule has 0 spiro atoms. The maximum Gasteiger partial charge on any atom is 0.125 e. The first-order valence-electron chi connectivity index (χ1n) is 6.47. The van der Waals surface area contributed by atoms with Crippen LogP contribution in [-0.2, 0) is 0 Å². The Morgan fingerprint density at radius 2 is 2.33 bits per heavy atom. The van der Waals surface area contributed by atoms with Crippen molar-refractivity contribution in [3.8, 4) is 5.75 Å². The molecule has 0 aliphatic carbocycles. The van der Waals surface area contributed by atoms with Crippen LogP contribution in [0, 0.1) is 0 Å². The molecule has 3 nitrogen and oxygen atoms in total.